The third-order valence-electron chi connectivity index (χ3n) is 3.34. The molecular weight excluding hydrogens is 290 g/mol. The Balaban J connectivity index is 2.61. The maximum absolute atomic E-state index is 14.2. The molecule has 1 N–H and O–H groups in total. The molecule has 0 saturated heterocycles. The summed E-state index contributed by atoms with van der Waals surface area (Å²) in [6, 6.07) is 7.53. The fourth-order valence-electron chi connectivity index (χ4n) is 2.13. The molecule has 0 aliphatic carbocycles. The monoisotopic (exact) mass is 304 g/mol. The zero-order valence-corrected chi connectivity index (χ0v) is 12.1. The summed E-state index contributed by atoms with van der Waals surface area (Å²) in [6.45, 7) is 0. The van der Waals surface area contributed by atoms with Crippen LogP contribution in [0, 0.1) is 24.0 Å². The van der Waals surface area contributed by atoms with Gasteiger partial charge in [0.2, 0.25) is 0 Å². The van der Waals surface area contributed by atoms with E-state index in [1.54, 1.807) is 0 Å². The molecule has 0 aromatic heterocycles. The maximum atomic E-state index is 14.2. The van der Waals surface area contributed by atoms with Crippen molar-refractivity contribution in [2.24, 2.45) is 0 Å². The van der Waals surface area contributed by atoms with Crippen LogP contribution in [0.1, 0.15) is 11.1 Å². The highest BCUT2D eigenvalue weighted by Crippen LogP contribution is 2.35. The van der Waals surface area contributed by atoms with Crippen molar-refractivity contribution < 1.29 is 23.4 Å². The lowest BCUT2D eigenvalue weighted by Gasteiger charge is -2.24. The summed E-state index contributed by atoms with van der Waals surface area (Å²) >= 11 is 0. The summed E-state index contributed by atoms with van der Waals surface area (Å²) in [7, 11) is 2.76. The minimum absolute atomic E-state index is 0.236. The van der Waals surface area contributed by atoms with Crippen molar-refractivity contribution in [3.05, 3.63) is 59.2 Å². The van der Waals surface area contributed by atoms with Crippen LogP contribution < -0.4 is 9.47 Å². The lowest BCUT2D eigenvalue weighted by molar-refractivity contribution is 0.136. The van der Waals surface area contributed by atoms with E-state index in [1.165, 1.54) is 38.5 Å². The largest absolute Gasteiger partial charge is 0.497 e. The molecule has 5 heteroatoms. The van der Waals surface area contributed by atoms with Gasteiger partial charge in [0.25, 0.3) is 0 Å². The normalized spacial score (nSPS) is 10.9. The molecule has 0 amide bonds. The molecule has 114 valence electrons. The summed E-state index contributed by atoms with van der Waals surface area (Å²) in [4.78, 5) is 0. The van der Waals surface area contributed by atoms with Gasteiger partial charge in [-0.1, -0.05) is 5.92 Å². The Kier molecular flexibility index (Phi) is 4.34. The van der Waals surface area contributed by atoms with Gasteiger partial charge in [-0.15, -0.1) is 6.42 Å². The third-order valence-corrected chi connectivity index (χ3v) is 3.34. The second-order valence-corrected chi connectivity index (χ2v) is 4.55. The van der Waals surface area contributed by atoms with Gasteiger partial charge in [0.15, 0.2) is 5.60 Å². The van der Waals surface area contributed by atoms with Crippen LogP contribution in [-0.4, -0.2) is 19.3 Å². The van der Waals surface area contributed by atoms with Crippen molar-refractivity contribution in [1.29, 1.82) is 0 Å². The minimum Gasteiger partial charge on any atom is -0.497 e. The zero-order chi connectivity index (χ0) is 16.3. The Labute approximate surface area is 127 Å². The summed E-state index contributed by atoms with van der Waals surface area (Å²) in [6.07, 6.45) is 5.35. The first kappa shape index (κ1) is 15.8. The van der Waals surface area contributed by atoms with Gasteiger partial charge in [0.05, 0.1) is 14.2 Å². The SMILES string of the molecule is C#CC(O)(c1ccc(OC)cc1F)c1ccc(OC)cc1F. The van der Waals surface area contributed by atoms with E-state index in [1.807, 2.05) is 0 Å². The van der Waals surface area contributed by atoms with Crippen LogP contribution in [0.3, 0.4) is 0 Å². The van der Waals surface area contributed by atoms with Crippen LogP contribution in [0.25, 0.3) is 0 Å². The maximum Gasteiger partial charge on any atom is 0.182 e. The average Bonchev–Trinajstić information content (AvgIpc) is 2.53. The minimum atomic E-state index is -2.24. The molecule has 0 aliphatic rings. The molecule has 0 heterocycles. The van der Waals surface area contributed by atoms with Crippen molar-refractivity contribution in [2.75, 3.05) is 14.2 Å². The molecule has 0 atom stereocenters. The number of hydrogen-bond donors (Lipinski definition) is 1. The lowest BCUT2D eigenvalue weighted by atomic mass is 9.86. The standard InChI is InChI=1S/C17H14F2O3/c1-4-17(20,13-7-5-11(21-2)9-15(13)18)14-8-6-12(22-3)10-16(14)19/h1,5-10,20H,2-3H3. The first-order valence-corrected chi connectivity index (χ1v) is 6.34. The van der Waals surface area contributed by atoms with Crippen LogP contribution in [0.2, 0.25) is 0 Å². The van der Waals surface area contributed by atoms with Crippen molar-refractivity contribution in [3.8, 4) is 23.8 Å². The van der Waals surface area contributed by atoms with E-state index in [4.69, 9.17) is 15.9 Å². The predicted molar refractivity (Wildman–Crippen MR) is 77.7 cm³/mol. The third kappa shape index (κ3) is 2.61. The fourth-order valence-corrected chi connectivity index (χ4v) is 2.13. The van der Waals surface area contributed by atoms with Gasteiger partial charge in [0.1, 0.15) is 23.1 Å². The number of halogens is 2. The quantitative estimate of drug-likeness (QED) is 0.883. The highest BCUT2D eigenvalue weighted by Gasteiger charge is 2.35. The molecule has 2 rings (SSSR count). The molecule has 0 spiro atoms. The number of rotatable bonds is 4. The second-order valence-electron chi connectivity index (χ2n) is 4.55. The van der Waals surface area contributed by atoms with Gasteiger partial charge >= 0.3 is 0 Å². The summed E-state index contributed by atoms with van der Waals surface area (Å²) in [5, 5.41) is 10.7. The van der Waals surface area contributed by atoms with E-state index < -0.39 is 17.2 Å². The van der Waals surface area contributed by atoms with E-state index in [9.17, 15) is 13.9 Å². The molecule has 0 saturated carbocycles. The molecule has 3 nitrogen and oxygen atoms in total. The van der Waals surface area contributed by atoms with Gasteiger partial charge in [-0.2, -0.15) is 0 Å². The van der Waals surface area contributed by atoms with Gasteiger partial charge in [-0.3, -0.25) is 0 Å². The molecule has 0 radical (unpaired) electrons. The van der Waals surface area contributed by atoms with Crippen LogP contribution >= 0.6 is 0 Å². The van der Waals surface area contributed by atoms with Crippen molar-refractivity contribution in [1.82, 2.24) is 0 Å². The Hall–Kier alpha value is -2.58. The Morgan fingerprint density at radius 2 is 1.36 bits per heavy atom. The summed E-state index contributed by atoms with van der Waals surface area (Å²) < 4.78 is 38.2. The van der Waals surface area contributed by atoms with E-state index in [2.05, 4.69) is 5.92 Å². The summed E-state index contributed by atoms with van der Waals surface area (Å²) in [5.41, 5.74) is -2.72. The Morgan fingerprint density at radius 3 is 1.64 bits per heavy atom. The Morgan fingerprint density at radius 1 is 0.955 bits per heavy atom. The lowest BCUT2D eigenvalue weighted by Crippen LogP contribution is -2.28. The number of terminal acetylenes is 1. The van der Waals surface area contributed by atoms with Gasteiger partial charge < -0.3 is 14.6 Å². The smallest absolute Gasteiger partial charge is 0.182 e. The van der Waals surface area contributed by atoms with Crippen LogP contribution in [0.4, 0.5) is 8.78 Å². The van der Waals surface area contributed by atoms with E-state index in [0.717, 1.165) is 12.1 Å². The molecule has 0 bridgehead atoms. The van der Waals surface area contributed by atoms with Crippen LogP contribution in [-0.2, 0) is 5.60 Å². The number of methoxy groups -OCH3 is 2. The highest BCUT2D eigenvalue weighted by atomic mass is 19.1. The number of benzene rings is 2. The molecule has 0 unspecified atom stereocenters. The van der Waals surface area contributed by atoms with E-state index >= 15 is 0 Å². The first-order chi connectivity index (χ1) is 10.5. The number of hydrogen-bond acceptors (Lipinski definition) is 3. The van der Waals surface area contributed by atoms with Crippen LogP contribution in [0.5, 0.6) is 11.5 Å². The topological polar surface area (TPSA) is 38.7 Å². The molecule has 2 aromatic carbocycles. The molecule has 2 aromatic rings. The van der Waals surface area contributed by atoms with E-state index in [0.29, 0.717) is 0 Å². The van der Waals surface area contributed by atoms with E-state index in [-0.39, 0.29) is 22.6 Å². The fraction of sp³-hybridized carbons (Fsp3) is 0.176. The average molecular weight is 304 g/mol. The molecule has 0 aliphatic heterocycles. The Bertz CT molecular complexity index is 682. The van der Waals surface area contributed by atoms with Crippen molar-refractivity contribution in [3.63, 3.8) is 0 Å². The predicted octanol–water partition coefficient (Wildman–Crippen LogP) is 2.85. The zero-order valence-electron chi connectivity index (χ0n) is 12.1. The number of aliphatic hydroxyl groups is 1. The van der Waals surface area contributed by atoms with Gasteiger partial charge in [0, 0.05) is 23.3 Å². The molecule has 0 fully saturated rings. The summed E-state index contributed by atoms with van der Waals surface area (Å²) in [5.74, 6) is 0.989. The van der Waals surface area contributed by atoms with Gasteiger partial charge in [-0.05, 0) is 24.3 Å². The first-order valence-electron chi connectivity index (χ1n) is 6.34. The molecule has 22 heavy (non-hydrogen) atoms. The number of ether oxygens (including phenoxy) is 2. The van der Waals surface area contributed by atoms with Crippen LogP contribution in [0.15, 0.2) is 36.4 Å². The van der Waals surface area contributed by atoms with Gasteiger partial charge in [-0.25, -0.2) is 8.78 Å². The highest BCUT2D eigenvalue weighted by molar-refractivity contribution is 5.47. The second kappa shape index (κ2) is 6.04. The molecular formula is C17H14F2O3. The van der Waals surface area contributed by atoms with Crippen molar-refractivity contribution in [2.45, 2.75) is 5.60 Å². The van der Waals surface area contributed by atoms with Crippen molar-refractivity contribution >= 4 is 0 Å².